The topological polar surface area (TPSA) is 37.2 Å². The molecule has 5 nitrogen and oxygen atoms in total. The number of pyridine rings is 1. The molecule has 0 radical (unpaired) electrons. The lowest BCUT2D eigenvalue weighted by Crippen LogP contribution is -2.45. The van der Waals surface area contributed by atoms with E-state index < -0.39 is 0 Å². The van der Waals surface area contributed by atoms with E-state index in [1.165, 1.54) is 6.20 Å². The van der Waals surface area contributed by atoms with Gasteiger partial charge in [-0.3, -0.25) is 0 Å². The summed E-state index contributed by atoms with van der Waals surface area (Å²) in [6.45, 7) is 9.51. The van der Waals surface area contributed by atoms with Crippen molar-refractivity contribution in [1.29, 1.82) is 0 Å². The summed E-state index contributed by atoms with van der Waals surface area (Å²) >= 11 is 0. The molecule has 0 unspecified atom stereocenters. The van der Waals surface area contributed by atoms with Crippen molar-refractivity contribution in [2.24, 2.45) is 7.05 Å². The van der Waals surface area contributed by atoms with Crippen molar-refractivity contribution < 1.29 is 4.39 Å². The Bertz CT molecular complexity index is 969. The van der Waals surface area contributed by atoms with E-state index in [1.54, 1.807) is 0 Å². The van der Waals surface area contributed by atoms with Gasteiger partial charge >= 0.3 is 0 Å². The molecule has 3 aromatic rings. The molecule has 0 amide bonds. The Morgan fingerprint density at radius 1 is 1.15 bits per heavy atom. The van der Waals surface area contributed by atoms with Crippen molar-refractivity contribution in [3.8, 4) is 11.4 Å². The average molecular weight is 351 g/mol. The summed E-state index contributed by atoms with van der Waals surface area (Å²) in [5.74, 6) is 1.05. The number of aromatic nitrogens is 3. The number of benzene rings is 1. The molecule has 3 heterocycles. The zero-order chi connectivity index (χ0) is 18.3. The quantitative estimate of drug-likeness (QED) is 0.724. The number of para-hydroxylation sites is 2. The summed E-state index contributed by atoms with van der Waals surface area (Å²) < 4.78 is 16.5. The van der Waals surface area contributed by atoms with Crippen LogP contribution in [0.25, 0.3) is 22.4 Å². The minimum absolute atomic E-state index is 0.354. The summed E-state index contributed by atoms with van der Waals surface area (Å²) in [6, 6.07) is 9.64. The van der Waals surface area contributed by atoms with Crippen LogP contribution in [0.5, 0.6) is 0 Å². The number of halogens is 1. The van der Waals surface area contributed by atoms with Crippen molar-refractivity contribution in [2.75, 3.05) is 31.1 Å². The molecule has 0 aliphatic carbocycles. The van der Waals surface area contributed by atoms with E-state index in [4.69, 9.17) is 0 Å². The third-order valence-corrected chi connectivity index (χ3v) is 5.01. The predicted octanol–water partition coefficient (Wildman–Crippen LogP) is 3.43. The van der Waals surface area contributed by atoms with Crippen molar-refractivity contribution >= 4 is 16.9 Å². The molecule has 1 aromatic carbocycles. The predicted molar refractivity (Wildman–Crippen MR) is 103 cm³/mol. The highest BCUT2D eigenvalue weighted by molar-refractivity contribution is 5.81. The molecule has 0 bridgehead atoms. The van der Waals surface area contributed by atoms with Crippen LogP contribution in [0.1, 0.15) is 6.92 Å². The molecule has 2 aromatic heterocycles. The van der Waals surface area contributed by atoms with E-state index in [2.05, 4.69) is 26.3 Å². The van der Waals surface area contributed by atoms with Gasteiger partial charge in [0.2, 0.25) is 0 Å². The molecule has 134 valence electrons. The maximum absolute atomic E-state index is 14.5. The molecule has 1 aliphatic rings. The molecule has 0 saturated carbocycles. The van der Waals surface area contributed by atoms with Gasteiger partial charge in [-0.1, -0.05) is 18.7 Å². The van der Waals surface area contributed by atoms with Gasteiger partial charge in [0, 0.05) is 38.9 Å². The second-order valence-electron chi connectivity index (χ2n) is 6.71. The summed E-state index contributed by atoms with van der Waals surface area (Å²) in [5, 5.41) is 0. The lowest BCUT2D eigenvalue weighted by molar-refractivity contribution is 0.322. The van der Waals surface area contributed by atoms with E-state index in [9.17, 15) is 4.39 Å². The molecule has 1 saturated heterocycles. The van der Waals surface area contributed by atoms with E-state index in [0.717, 1.165) is 48.7 Å². The number of fused-ring (bicyclic) bond motifs is 1. The second-order valence-corrected chi connectivity index (χ2v) is 6.71. The van der Waals surface area contributed by atoms with Crippen molar-refractivity contribution in [3.05, 3.63) is 54.6 Å². The van der Waals surface area contributed by atoms with E-state index in [1.807, 2.05) is 48.9 Å². The smallest absolute Gasteiger partial charge is 0.152 e. The summed E-state index contributed by atoms with van der Waals surface area (Å²) in [6.07, 6.45) is 1.30. The second kappa shape index (κ2) is 6.44. The maximum Gasteiger partial charge on any atom is 0.152 e. The lowest BCUT2D eigenvalue weighted by Gasteiger charge is -2.36. The molecule has 4 rings (SSSR count). The fourth-order valence-electron chi connectivity index (χ4n) is 3.48. The van der Waals surface area contributed by atoms with E-state index in [-0.39, 0.29) is 5.82 Å². The van der Waals surface area contributed by atoms with Crippen molar-refractivity contribution in [2.45, 2.75) is 6.92 Å². The first-order valence-electron chi connectivity index (χ1n) is 8.77. The highest BCUT2D eigenvalue weighted by Gasteiger charge is 2.20. The summed E-state index contributed by atoms with van der Waals surface area (Å²) in [7, 11) is 1.91. The van der Waals surface area contributed by atoms with Gasteiger partial charge in [0.1, 0.15) is 11.6 Å². The lowest BCUT2D eigenvalue weighted by atomic mass is 10.2. The van der Waals surface area contributed by atoms with Crippen LogP contribution in [0, 0.1) is 5.82 Å². The molecular weight excluding hydrogens is 329 g/mol. The average Bonchev–Trinajstić information content (AvgIpc) is 2.99. The number of imidazole rings is 1. The normalized spacial score (nSPS) is 14.9. The Balaban J connectivity index is 1.69. The van der Waals surface area contributed by atoms with Gasteiger partial charge in [-0.25, -0.2) is 14.4 Å². The fourth-order valence-corrected chi connectivity index (χ4v) is 3.48. The molecular formula is C20H22FN5. The first-order chi connectivity index (χ1) is 12.5. The minimum atomic E-state index is -0.354. The summed E-state index contributed by atoms with van der Waals surface area (Å²) in [4.78, 5) is 13.4. The molecule has 0 N–H and O–H groups in total. The van der Waals surface area contributed by atoms with Gasteiger partial charge in [-0.15, -0.1) is 0 Å². The maximum atomic E-state index is 14.5. The van der Waals surface area contributed by atoms with Crippen LogP contribution in [0.15, 0.2) is 48.8 Å². The van der Waals surface area contributed by atoms with Crippen molar-refractivity contribution in [3.63, 3.8) is 0 Å². The first kappa shape index (κ1) is 16.6. The molecule has 0 spiro atoms. The number of allylic oxidation sites excluding steroid dienone is 1. The number of hydrogen-bond acceptors (Lipinski definition) is 4. The van der Waals surface area contributed by atoms with Gasteiger partial charge in [-0.05, 0) is 25.1 Å². The summed E-state index contributed by atoms with van der Waals surface area (Å²) in [5.41, 5.74) is 3.40. The highest BCUT2D eigenvalue weighted by Crippen LogP contribution is 2.28. The molecule has 6 heteroatoms. The van der Waals surface area contributed by atoms with Crippen LogP contribution in [0.3, 0.4) is 0 Å². The number of hydrogen-bond donors (Lipinski definition) is 0. The van der Waals surface area contributed by atoms with Crippen LogP contribution >= 0.6 is 0 Å². The first-order valence-corrected chi connectivity index (χ1v) is 8.77. The Hall–Kier alpha value is -2.89. The van der Waals surface area contributed by atoms with Gasteiger partial charge in [-0.2, -0.15) is 0 Å². The number of aryl methyl sites for hydroxylation is 1. The van der Waals surface area contributed by atoms with Crippen LogP contribution in [0.2, 0.25) is 0 Å². The number of piperazine rings is 1. The standard InChI is InChI=1S/C20H22FN5/c1-14(2)25-8-10-26(11-9-25)19-12-15(16(21)13-22-19)20-23-17-6-4-5-7-18(17)24(20)3/h4-7,12-13H,1,8-11H2,2-3H3. The largest absolute Gasteiger partial charge is 0.372 e. The third kappa shape index (κ3) is 2.81. The third-order valence-electron chi connectivity index (χ3n) is 5.01. The van der Waals surface area contributed by atoms with E-state index in [0.29, 0.717) is 11.4 Å². The van der Waals surface area contributed by atoms with Gasteiger partial charge in [0.15, 0.2) is 5.82 Å². The zero-order valence-corrected chi connectivity index (χ0v) is 15.1. The minimum Gasteiger partial charge on any atom is -0.372 e. The number of nitrogens with zero attached hydrogens (tertiary/aromatic N) is 5. The van der Waals surface area contributed by atoms with Crippen LogP contribution < -0.4 is 4.90 Å². The number of anilines is 1. The molecule has 0 atom stereocenters. The van der Waals surface area contributed by atoms with Crippen LogP contribution in [-0.2, 0) is 7.05 Å². The van der Waals surface area contributed by atoms with Crippen molar-refractivity contribution in [1.82, 2.24) is 19.4 Å². The van der Waals surface area contributed by atoms with Gasteiger partial charge in [0.05, 0.1) is 22.8 Å². The van der Waals surface area contributed by atoms with Gasteiger partial charge in [0.25, 0.3) is 0 Å². The Morgan fingerprint density at radius 3 is 2.58 bits per heavy atom. The SMILES string of the molecule is C=C(C)N1CCN(c2cc(-c3nc4ccccc4n3C)c(F)cn2)CC1. The highest BCUT2D eigenvalue weighted by atomic mass is 19.1. The van der Waals surface area contributed by atoms with Crippen LogP contribution in [0.4, 0.5) is 10.2 Å². The monoisotopic (exact) mass is 351 g/mol. The Labute approximate surface area is 152 Å². The zero-order valence-electron chi connectivity index (χ0n) is 15.1. The Morgan fingerprint density at radius 2 is 1.88 bits per heavy atom. The fraction of sp³-hybridized carbons (Fsp3) is 0.300. The number of rotatable bonds is 3. The Kier molecular flexibility index (Phi) is 4.11. The molecule has 1 aliphatic heterocycles. The van der Waals surface area contributed by atoms with E-state index >= 15 is 0 Å². The molecule has 1 fully saturated rings. The van der Waals surface area contributed by atoms with Gasteiger partial charge < -0.3 is 14.4 Å². The molecule has 26 heavy (non-hydrogen) atoms. The van der Waals surface area contributed by atoms with Crippen LogP contribution in [-0.4, -0.2) is 45.6 Å².